The van der Waals surface area contributed by atoms with Gasteiger partial charge in [0, 0.05) is 6.92 Å². The Bertz CT molecular complexity index is 294. The van der Waals surface area contributed by atoms with Gasteiger partial charge in [-0.15, -0.1) is 0 Å². The van der Waals surface area contributed by atoms with Crippen molar-refractivity contribution in [2.24, 2.45) is 0 Å². The molecule has 0 aromatic heterocycles. The van der Waals surface area contributed by atoms with Gasteiger partial charge in [-0.05, 0) is 0 Å². The molecule has 0 saturated heterocycles. The molecule has 0 fully saturated rings. The molecule has 15 heavy (non-hydrogen) atoms. The number of carbonyl (C=O) groups excluding carboxylic acids is 1. The Morgan fingerprint density at radius 2 is 1.53 bits per heavy atom. The Morgan fingerprint density at radius 3 is 1.73 bits per heavy atom. The molecule has 1 unspecified atom stereocenters. The van der Waals surface area contributed by atoms with E-state index in [4.69, 9.17) is 14.7 Å². The van der Waals surface area contributed by atoms with Gasteiger partial charge in [0.2, 0.25) is 0 Å². The van der Waals surface area contributed by atoms with E-state index < -0.39 is 21.6 Å². The van der Waals surface area contributed by atoms with Gasteiger partial charge in [-0.3, -0.25) is 9.69 Å². The molecule has 0 amide bonds. The van der Waals surface area contributed by atoms with Gasteiger partial charge in [-0.2, -0.15) is 4.31 Å². The molecule has 0 aromatic rings. The third-order valence-electron chi connectivity index (χ3n) is 0.453. The molecule has 0 aliphatic carbocycles. The van der Waals surface area contributed by atoms with Crippen LogP contribution in [0, 0.1) is 0 Å². The van der Waals surface area contributed by atoms with E-state index in [0.717, 1.165) is 6.92 Å². The summed E-state index contributed by atoms with van der Waals surface area (Å²) in [4.78, 5) is 34.5. The Balaban J connectivity index is -0.0000000168. The standard InChI is InChI=1S/C2H6O8P2.Ca.2Mg.6H/c1-2(3)9-12(7,8)10-11(4,5)6;;;;;;;;;/h1H3,(H,7,8)(H2,4,5,6);;;;;;;;;/q;3*+2;6*-1. The van der Waals surface area contributed by atoms with Crippen LogP contribution in [0.5, 0.6) is 0 Å². The minimum atomic E-state index is -5.13. The third-order valence-corrected chi connectivity index (χ3v) is 2.62. The van der Waals surface area contributed by atoms with Gasteiger partial charge in [0.15, 0.2) is 0 Å². The summed E-state index contributed by atoms with van der Waals surface area (Å²) in [5, 5.41) is 0. The van der Waals surface area contributed by atoms with Crippen LogP contribution in [0.3, 0.4) is 0 Å². The van der Waals surface area contributed by atoms with Crippen LogP contribution in [-0.4, -0.2) is 104 Å². The Hall–Kier alpha value is 2.56. The fourth-order valence-corrected chi connectivity index (χ4v) is 1.85. The maximum Gasteiger partial charge on any atom is 2.00 e. The van der Waals surface area contributed by atoms with Crippen LogP contribution in [0.25, 0.3) is 0 Å². The molecule has 0 heterocycles. The summed E-state index contributed by atoms with van der Waals surface area (Å²) in [7, 11) is -10.1. The number of phosphoric acid groups is 2. The van der Waals surface area contributed by atoms with E-state index in [1.54, 1.807) is 0 Å². The van der Waals surface area contributed by atoms with E-state index in [1.807, 2.05) is 0 Å². The van der Waals surface area contributed by atoms with Crippen LogP contribution >= 0.6 is 15.6 Å². The molecule has 13 heteroatoms. The minimum Gasteiger partial charge on any atom is -1.00 e. The average Bonchev–Trinajstić information content (AvgIpc) is 1.48. The topological polar surface area (TPSA) is 130 Å². The van der Waals surface area contributed by atoms with Crippen LogP contribution in [-0.2, 0) is 22.8 Å². The molecule has 0 spiro atoms. The average molecular weight is 315 g/mol. The number of hydrogen-bond acceptors (Lipinski definition) is 5. The largest absolute Gasteiger partial charge is 2.00 e. The first-order chi connectivity index (χ1) is 5.12. The second-order valence-electron chi connectivity index (χ2n) is 1.62. The van der Waals surface area contributed by atoms with E-state index in [9.17, 15) is 13.9 Å². The third kappa shape index (κ3) is 19.1. The number of carbonyl (C=O) groups is 1. The summed E-state index contributed by atoms with van der Waals surface area (Å²) >= 11 is 0. The van der Waals surface area contributed by atoms with E-state index in [-0.39, 0.29) is 92.4 Å². The summed E-state index contributed by atoms with van der Waals surface area (Å²) < 4.78 is 27.3. The van der Waals surface area contributed by atoms with Crippen LogP contribution in [0.1, 0.15) is 15.5 Å². The van der Waals surface area contributed by atoms with Gasteiger partial charge in [0.05, 0.1) is 0 Å². The molecule has 0 bridgehead atoms. The van der Waals surface area contributed by atoms with Crippen molar-refractivity contribution in [2.45, 2.75) is 6.92 Å². The maximum absolute atomic E-state index is 10.4. The molecule has 0 aromatic carbocycles. The predicted octanol–water partition coefficient (Wildman–Crippen LogP) is -0.708. The summed E-state index contributed by atoms with van der Waals surface area (Å²) in [6.45, 7) is 0.784. The predicted molar refractivity (Wildman–Crippen MR) is 58.7 cm³/mol. The normalized spacial score (nSPS) is 13.3. The van der Waals surface area contributed by atoms with Crippen molar-refractivity contribution in [3.05, 3.63) is 0 Å². The second kappa shape index (κ2) is 10.5. The van der Waals surface area contributed by atoms with Crippen molar-refractivity contribution in [1.29, 1.82) is 0 Å². The monoisotopic (exact) mass is 314 g/mol. The van der Waals surface area contributed by atoms with E-state index in [2.05, 4.69) is 8.83 Å². The molecule has 84 valence electrons. The molecule has 0 aliphatic heterocycles. The zero-order valence-electron chi connectivity index (χ0n) is 13.9. The summed E-state index contributed by atoms with van der Waals surface area (Å²) in [6.07, 6.45) is 0. The van der Waals surface area contributed by atoms with Gasteiger partial charge in [-0.1, -0.05) is 0 Å². The first kappa shape index (κ1) is 26.2. The number of rotatable bonds is 3. The van der Waals surface area contributed by atoms with Gasteiger partial charge >= 0.3 is 105 Å². The van der Waals surface area contributed by atoms with Gasteiger partial charge in [-0.25, -0.2) is 9.13 Å². The van der Waals surface area contributed by atoms with E-state index in [1.165, 1.54) is 0 Å². The van der Waals surface area contributed by atoms with Gasteiger partial charge in [0.25, 0.3) is 0 Å². The van der Waals surface area contributed by atoms with E-state index in [0.29, 0.717) is 0 Å². The molecule has 0 rings (SSSR count). The van der Waals surface area contributed by atoms with E-state index >= 15 is 0 Å². The minimum absolute atomic E-state index is 0. The van der Waals surface area contributed by atoms with Crippen LogP contribution in [0.15, 0.2) is 0 Å². The van der Waals surface area contributed by atoms with Crippen molar-refractivity contribution in [2.75, 3.05) is 0 Å². The van der Waals surface area contributed by atoms with Crippen molar-refractivity contribution in [1.82, 2.24) is 0 Å². The molecule has 0 saturated carbocycles. The van der Waals surface area contributed by atoms with Crippen molar-refractivity contribution >= 4 is 105 Å². The van der Waals surface area contributed by atoms with Crippen LogP contribution in [0.2, 0.25) is 0 Å². The molecule has 3 N–H and O–H groups in total. The molecule has 0 radical (unpaired) electrons. The first-order valence-electron chi connectivity index (χ1n) is 2.42. The Morgan fingerprint density at radius 1 is 1.20 bits per heavy atom. The zero-order chi connectivity index (χ0) is 9.99. The number of hydrogen-bond donors (Lipinski definition) is 3. The SMILES string of the molecule is CC(=O)OP(=O)(O)OP(=O)(O)O.[Ca+2].[H-].[H-].[H-].[H-].[H-].[H-].[Mg+2].[Mg+2]. The quantitative estimate of drug-likeness (QED) is 0.460. The Kier molecular flexibility index (Phi) is 18.3. The summed E-state index contributed by atoms with van der Waals surface area (Å²) in [5.41, 5.74) is 0. The fraction of sp³-hybridized carbons (Fsp3) is 0.500. The van der Waals surface area contributed by atoms with Crippen LogP contribution in [0.4, 0.5) is 0 Å². The number of phosphoric ester groups is 1. The first-order valence-corrected chi connectivity index (χ1v) is 5.45. The molecule has 1 atom stereocenters. The molecule has 0 aliphatic rings. The summed E-state index contributed by atoms with van der Waals surface area (Å²) in [6, 6.07) is 0. The Labute approximate surface area is 157 Å². The van der Waals surface area contributed by atoms with Gasteiger partial charge < -0.3 is 22.9 Å². The summed E-state index contributed by atoms with van der Waals surface area (Å²) in [5.74, 6) is -1.19. The van der Waals surface area contributed by atoms with Crippen molar-refractivity contribution < 1.29 is 46.0 Å². The smallest absolute Gasteiger partial charge is 1.00 e. The molecular formula is C2H12CaMg2O8P2. The molecule has 8 nitrogen and oxygen atoms in total. The van der Waals surface area contributed by atoms with Crippen LogP contribution < -0.4 is 0 Å². The van der Waals surface area contributed by atoms with Gasteiger partial charge in [0.1, 0.15) is 0 Å². The zero-order valence-corrected chi connectivity index (χ0v) is 14.7. The molecular weight excluding hydrogens is 303 g/mol. The second-order valence-corrected chi connectivity index (χ2v) is 4.38. The van der Waals surface area contributed by atoms with Crippen molar-refractivity contribution in [3.63, 3.8) is 0 Å². The maximum atomic E-state index is 10.4. The van der Waals surface area contributed by atoms with Crippen molar-refractivity contribution in [3.8, 4) is 0 Å². The fourth-order valence-electron chi connectivity index (χ4n) is 0.314.